The average Bonchev–Trinajstić information content (AvgIpc) is 2.66. The Balaban J connectivity index is 0.00000420. The predicted molar refractivity (Wildman–Crippen MR) is 121 cm³/mol. The Labute approximate surface area is 188 Å². The van der Waals surface area contributed by atoms with E-state index in [1.54, 1.807) is 25.1 Å². The fourth-order valence-electron chi connectivity index (χ4n) is 3.32. The molecule has 166 valence electrons. The Kier molecular flexibility index (Phi) is 11.6. The fraction of sp³-hybridized carbons (Fsp3) is 0.650. The van der Waals surface area contributed by atoms with Gasteiger partial charge in [-0.15, -0.1) is 24.0 Å². The molecule has 1 aromatic rings. The van der Waals surface area contributed by atoms with Crippen molar-refractivity contribution in [2.45, 2.75) is 64.7 Å². The van der Waals surface area contributed by atoms with Crippen molar-refractivity contribution < 1.29 is 23.4 Å². The number of para-hydroxylation sites is 1. The zero-order valence-corrected chi connectivity index (χ0v) is 19.4. The normalized spacial score (nSPS) is 16.1. The molecule has 0 aromatic heterocycles. The summed E-state index contributed by atoms with van der Waals surface area (Å²) in [5.74, 6) is 0.793. The van der Waals surface area contributed by atoms with E-state index < -0.39 is 12.2 Å². The van der Waals surface area contributed by atoms with Crippen LogP contribution in [0, 0.1) is 0 Å². The molecule has 0 atom stereocenters. The van der Waals surface area contributed by atoms with Crippen LogP contribution < -0.4 is 20.1 Å². The van der Waals surface area contributed by atoms with Gasteiger partial charge >= 0.3 is 6.61 Å². The molecule has 0 aliphatic heterocycles. The Morgan fingerprint density at radius 2 is 1.93 bits per heavy atom. The molecule has 1 aliphatic rings. The summed E-state index contributed by atoms with van der Waals surface area (Å²) in [5.41, 5.74) is -0.229. The van der Waals surface area contributed by atoms with Crippen LogP contribution in [0.3, 0.4) is 0 Å². The number of nitrogens with one attached hydrogen (secondary N) is 2. The summed E-state index contributed by atoms with van der Waals surface area (Å²) in [6.45, 7) is 2.29. The van der Waals surface area contributed by atoms with Crippen LogP contribution in [0.2, 0.25) is 0 Å². The molecule has 1 aliphatic carbocycles. The van der Waals surface area contributed by atoms with Crippen LogP contribution in [0.25, 0.3) is 0 Å². The van der Waals surface area contributed by atoms with Crippen molar-refractivity contribution >= 4 is 29.9 Å². The highest BCUT2D eigenvalue weighted by Gasteiger charge is 2.29. The van der Waals surface area contributed by atoms with Crippen LogP contribution in [0.4, 0.5) is 8.78 Å². The van der Waals surface area contributed by atoms with Crippen molar-refractivity contribution in [1.29, 1.82) is 0 Å². The Hall–Kier alpha value is -1.36. The van der Waals surface area contributed by atoms with Crippen molar-refractivity contribution in [1.82, 2.24) is 10.6 Å². The molecule has 2 rings (SSSR count). The van der Waals surface area contributed by atoms with Gasteiger partial charge in [0.2, 0.25) is 0 Å². The molecular formula is C20H32F2IN3O3. The number of benzene rings is 1. The number of nitrogens with zero attached hydrogens (tertiary/aromatic N) is 1. The zero-order chi connectivity index (χ0) is 20.4. The minimum Gasteiger partial charge on any atom is -0.490 e. The van der Waals surface area contributed by atoms with Crippen molar-refractivity contribution in [3.8, 4) is 11.5 Å². The second-order valence-electron chi connectivity index (χ2n) is 6.89. The highest BCUT2D eigenvalue weighted by Crippen LogP contribution is 2.33. The quantitative estimate of drug-likeness (QED) is 0.257. The second-order valence-corrected chi connectivity index (χ2v) is 6.89. The lowest BCUT2D eigenvalue weighted by molar-refractivity contribution is -0.0520. The molecule has 0 radical (unpaired) electrons. The van der Waals surface area contributed by atoms with E-state index in [4.69, 9.17) is 4.74 Å². The minimum absolute atomic E-state index is 0. The molecule has 0 heterocycles. The van der Waals surface area contributed by atoms with Crippen LogP contribution in [0.5, 0.6) is 11.5 Å². The van der Waals surface area contributed by atoms with Crippen molar-refractivity contribution in [2.24, 2.45) is 4.99 Å². The summed E-state index contributed by atoms with van der Waals surface area (Å²) >= 11 is 0. The van der Waals surface area contributed by atoms with Gasteiger partial charge in [-0.1, -0.05) is 31.4 Å². The largest absolute Gasteiger partial charge is 0.490 e. The van der Waals surface area contributed by atoms with Gasteiger partial charge in [-0.2, -0.15) is 8.78 Å². The van der Waals surface area contributed by atoms with Gasteiger partial charge in [-0.25, -0.2) is 4.99 Å². The molecule has 1 fully saturated rings. The molecule has 0 unspecified atom stereocenters. The van der Waals surface area contributed by atoms with E-state index in [0.29, 0.717) is 31.2 Å². The van der Waals surface area contributed by atoms with Gasteiger partial charge in [0, 0.05) is 18.7 Å². The monoisotopic (exact) mass is 527 g/mol. The first kappa shape index (κ1) is 25.7. The number of guanidine groups is 1. The zero-order valence-electron chi connectivity index (χ0n) is 17.0. The lowest BCUT2D eigenvalue weighted by Gasteiger charge is -2.32. The van der Waals surface area contributed by atoms with Gasteiger partial charge in [0.1, 0.15) is 0 Å². The third-order valence-corrected chi connectivity index (χ3v) is 4.69. The number of aliphatic imine (C=N–C) groups is 1. The number of aliphatic hydroxyl groups is 1. The number of alkyl halides is 2. The predicted octanol–water partition coefficient (Wildman–Crippen LogP) is 4.06. The Morgan fingerprint density at radius 3 is 2.55 bits per heavy atom. The van der Waals surface area contributed by atoms with Crippen LogP contribution in [0.15, 0.2) is 23.2 Å². The summed E-state index contributed by atoms with van der Waals surface area (Å²) in [4.78, 5) is 4.47. The highest BCUT2D eigenvalue weighted by molar-refractivity contribution is 14.0. The molecular weight excluding hydrogens is 495 g/mol. The lowest BCUT2D eigenvalue weighted by Crippen LogP contribution is -2.48. The van der Waals surface area contributed by atoms with Crippen molar-refractivity contribution in [2.75, 3.05) is 19.7 Å². The Bertz CT molecular complexity index is 641. The van der Waals surface area contributed by atoms with Gasteiger partial charge in [0.25, 0.3) is 0 Å². The summed E-state index contributed by atoms with van der Waals surface area (Å²) in [7, 11) is 0. The summed E-state index contributed by atoms with van der Waals surface area (Å²) in [6, 6.07) is 5.00. The smallest absolute Gasteiger partial charge is 0.387 e. The molecule has 0 bridgehead atoms. The van der Waals surface area contributed by atoms with E-state index in [9.17, 15) is 13.9 Å². The van der Waals surface area contributed by atoms with Gasteiger partial charge in [-0.3, -0.25) is 0 Å². The molecule has 6 nitrogen and oxygen atoms in total. The molecule has 0 amide bonds. The fourth-order valence-corrected chi connectivity index (χ4v) is 3.32. The molecule has 0 saturated heterocycles. The Morgan fingerprint density at radius 1 is 1.21 bits per heavy atom. The molecule has 1 saturated carbocycles. The standard InChI is InChI=1S/C20H31F2N3O3.HI/c1-3-23-19(25-14-20(26)11-6-5-7-12-20)24-13-15-9-8-10-16(27-4-2)17(15)28-18(21)22;/h8-10,18,26H,3-7,11-14H2,1-2H3,(H2,23,24,25);1H. The van der Waals surface area contributed by atoms with E-state index in [1.807, 2.05) is 6.92 Å². The first-order chi connectivity index (χ1) is 13.5. The number of rotatable bonds is 9. The van der Waals surface area contributed by atoms with Crippen molar-refractivity contribution in [3.05, 3.63) is 23.8 Å². The molecule has 9 heteroatoms. The van der Waals surface area contributed by atoms with Crippen LogP contribution in [0.1, 0.15) is 51.5 Å². The third-order valence-electron chi connectivity index (χ3n) is 4.69. The van der Waals surface area contributed by atoms with Gasteiger partial charge < -0.3 is 25.2 Å². The lowest BCUT2D eigenvalue weighted by atomic mass is 9.85. The van der Waals surface area contributed by atoms with E-state index in [0.717, 1.165) is 32.1 Å². The maximum Gasteiger partial charge on any atom is 0.387 e. The molecule has 1 aromatic carbocycles. The third kappa shape index (κ3) is 8.49. The first-order valence-electron chi connectivity index (χ1n) is 9.91. The second kappa shape index (κ2) is 13.0. The van der Waals surface area contributed by atoms with E-state index >= 15 is 0 Å². The summed E-state index contributed by atoms with van der Waals surface area (Å²) in [6.07, 6.45) is 4.72. The van der Waals surface area contributed by atoms with Gasteiger partial charge in [-0.05, 0) is 32.8 Å². The average molecular weight is 527 g/mol. The van der Waals surface area contributed by atoms with E-state index in [1.165, 1.54) is 0 Å². The van der Waals surface area contributed by atoms with Crippen molar-refractivity contribution in [3.63, 3.8) is 0 Å². The topological polar surface area (TPSA) is 75.1 Å². The van der Waals surface area contributed by atoms with Crippen LogP contribution in [-0.2, 0) is 6.54 Å². The van der Waals surface area contributed by atoms with Crippen LogP contribution in [-0.4, -0.2) is 43.0 Å². The number of hydrogen-bond acceptors (Lipinski definition) is 4. The van der Waals surface area contributed by atoms with Crippen LogP contribution >= 0.6 is 24.0 Å². The number of ether oxygens (including phenoxy) is 2. The first-order valence-corrected chi connectivity index (χ1v) is 9.91. The number of halogens is 3. The van der Waals surface area contributed by atoms with E-state index in [2.05, 4.69) is 20.4 Å². The maximum absolute atomic E-state index is 12.8. The maximum atomic E-state index is 12.8. The molecule has 3 N–H and O–H groups in total. The summed E-state index contributed by atoms with van der Waals surface area (Å²) in [5, 5.41) is 16.9. The van der Waals surface area contributed by atoms with E-state index in [-0.39, 0.29) is 42.0 Å². The SMILES string of the molecule is CCNC(=NCc1cccc(OCC)c1OC(F)F)NCC1(O)CCCCC1.I. The highest BCUT2D eigenvalue weighted by atomic mass is 127. The minimum atomic E-state index is -2.95. The molecule has 29 heavy (non-hydrogen) atoms. The van der Waals surface area contributed by atoms with Gasteiger partial charge in [0.15, 0.2) is 17.5 Å². The number of hydrogen-bond donors (Lipinski definition) is 3. The summed E-state index contributed by atoms with van der Waals surface area (Å²) < 4.78 is 35.8. The van der Waals surface area contributed by atoms with Gasteiger partial charge in [0.05, 0.1) is 18.8 Å². The molecule has 0 spiro atoms.